The molecule has 0 aliphatic heterocycles. The zero-order valence-electron chi connectivity index (χ0n) is 16.3. The Bertz CT molecular complexity index is 1050. The summed E-state index contributed by atoms with van der Waals surface area (Å²) in [6, 6.07) is 14.7. The average Bonchev–Trinajstić information content (AvgIpc) is 3.49. The van der Waals surface area contributed by atoms with E-state index in [1.165, 1.54) is 17.7 Å². The Hall–Kier alpha value is -2.80. The fourth-order valence-corrected chi connectivity index (χ4v) is 3.62. The molecule has 1 aromatic heterocycles. The summed E-state index contributed by atoms with van der Waals surface area (Å²) in [6.07, 6.45) is 2.38. The molecular formula is C22H23FN4OS. The molecular weight excluding hydrogens is 387 g/mol. The molecule has 7 heteroatoms. The van der Waals surface area contributed by atoms with Gasteiger partial charge >= 0.3 is 0 Å². The Balaban J connectivity index is 1.47. The molecule has 3 aromatic rings. The zero-order chi connectivity index (χ0) is 20.4. The highest BCUT2D eigenvalue weighted by Crippen LogP contribution is 2.29. The van der Waals surface area contributed by atoms with Crippen LogP contribution in [-0.2, 0) is 17.9 Å². The third-order valence-corrected chi connectivity index (χ3v) is 5.50. The van der Waals surface area contributed by atoms with E-state index >= 15 is 0 Å². The Morgan fingerprint density at radius 2 is 1.90 bits per heavy atom. The summed E-state index contributed by atoms with van der Waals surface area (Å²) in [5, 5.41) is 7.19. The monoisotopic (exact) mass is 410 g/mol. The number of carbonyl (C=O) groups is 1. The number of nitrogens with zero attached hydrogens (tertiary/aromatic N) is 3. The molecule has 2 aromatic carbocycles. The first-order valence-electron chi connectivity index (χ1n) is 9.77. The third kappa shape index (κ3) is 4.62. The van der Waals surface area contributed by atoms with Gasteiger partial charge in [0.25, 0.3) is 0 Å². The van der Waals surface area contributed by atoms with E-state index in [1.807, 2.05) is 40.7 Å². The maximum atomic E-state index is 13.2. The van der Waals surface area contributed by atoms with Crippen LogP contribution in [0.15, 0.2) is 48.5 Å². The quantitative estimate of drug-likeness (QED) is 0.578. The number of hydrogen-bond acceptors (Lipinski definition) is 3. The molecule has 5 nitrogen and oxygen atoms in total. The van der Waals surface area contributed by atoms with E-state index in [1.54, 1.807) is 12.1 Å². The smallest absolute Gasteiger partial charge is 0.224 e. The summed E-state index contributed by atoms with van der Waals surface area (Å²) in [5.41, 5.74) is 3.07. The van der Waals surface area contributed by atoms with Gasteiger partial charge in [-0.1, -0.05) is 42.0 Å². The van der Waals surface area contributed by atoms with Crippen LogP contribution in [0, 0.1) is 17.5 Å². The Morgan fingerprint density at radius 3 is 2.55 bits per heavy atom. The lowest BCUT2D eigenvalue weighted by Gasteiger charge is -2.23. The van der Waals surface area contributed by atoms with Crippen LogP contribution in [0.3, 0.4) is 0 Å². The number of rotatable bonds is 7. The van der Waals surface area contributed by atoms with Crippen LogP contribution >= 0.6 is 12.2 Å². The maximum Gasteiger partial charge on any atom is 0.224 e. The van der Waals surface area contributed by atoms with Crippen LogP contribution in [0.4, 0.5) is 4.39 Å². The van der Waals surface area contributed by atoms with E-state index in [9.17, 15) is 9.18 Å². The van der Waals surface area contributed by atoms with Gasteiger partial charge in [0.2, 0.25) is 5.91 Å². The highest BCUT2D eigenvalue weighted by molar-refractivity contribution is 7.71. The summed E-state index contributed by atoms with van der Waals surface area (Å²) >= 11 is 5.38. The van der Waals surface area contributed by atoms with Crippen molar-refractivity contribution in [3.05, 3.63) is 70.2 Å². The minimum absolute atomic E-state index is 0.0785. The minimum Gasteiger partial charge on any atom is -0.335 e. The van der Waals surface area contributed by atoms with E-state index in [0.29, 0.717) is 24.3 Å². The Morgan fingerprint density at radius 1 is 1.21 bits per heavy atom. The van der Waals surface area contributed by atoms with Crippen LogP contribution in [-0.4, -0.2) is 31.6 Å². The number of H-pyrrole nitrogens is 1. The Labute approximate surface area is 174 Å². The van der Waals surface area contributed by atoms with Crippen molar-refractivity contribution in [1.29, 1.82) is 0 Å². The van der Waals surface area contributed by atoms with Crippen LogP contribution in [0.2, 0.25) is 0 Å². The molecule has 29 heavy (non-hydrogen) atoms. The van der Waals surface area contributed by atoms with Crippen molar-refractivity contribution in [2.45, 2.75) is 45.3 Å². The van der Waals surface area contributed by atoms with Crippen LogP contribution in [0.25, 0.3) is 11.4 Å². The topological polar surface area (TPSA) is 53.9 Å². The lowest BCUT2D eigenvalue weighted by Crippen LogP contribution is -2.33. The molecule has 1 N–H and O–H groups in total. The zero-order valence-corrected chi connectivity index (χ0v) is 17.1. The molecule has 0 radical (unpaired) electrons. The van der Waals surface area contributed by atoms with Gasteiger partial charge in [0.1, 0.15) is 5.82 Å². The van der Waals surface area contributed by atoms with Crippen molar-refractivity contribution in [3.8, 4) is 11.4 Å². The van der Waals surface area contributed by atoms with E-state index in [2.05, 4.69) is 10.2 Å². The van der Waals surface area contributed by atoms with Gasteiger partial charge in [-0.3, -0.25) is 14.5 Å². The molecule has 150 valence electrons. The molecule has 1 amide bonds. The second kappa shape index (κ2) is 8.29. The van der Waals surface area contributed by atoms with E-state index in [4.69, 9.17) is 12.2 Å². The first-order valence-corrected chi connectivity index (χ1v) is 10.2. The summed E-state index contributed by atoms with van der Waals surface area (Å²) in [6.45, 7) is 3.00. The summed E-state index contributed by atoms with van der Waals surface area (Å²) in [4.78, 5) is 14.9. The highest BCUT2D eigenvalue weighted by Gasteiger charge is 2.32. The summed E-state index contributed by atoms with van der Waals surface area (Å²) < 4.78 is 15.5. The van der Waals surface area contributed by atoms with Gasteiger partial charge in [0, 0.05) is 31.1 Å². The molecule has 1 aliphatic carbocycles. The predicted octanol–water partition coefficient (Wildman–Crippen LogP) is 4.64. The predicted molar refractivity (Wildman–Crippen MR) is 112 cm³/mol. The molecule has 0 saturated heterocycles. The summed E-state index contributed by atoms with van der Waals surface area (Å²) in [5.74, 6) is 0.546. The van der Waals surface area contributed by atoms with E-state index < -0.39 is 0 Å². The second-order valence-corrected chi connectivity index (χ2v) is 7.89. The van der Waals surface area contributed by atoms with Gasteiger partial charge in [-0.05, 0) is 49.7 Å². The van der Waals surface area contributed by atoms with Gasteiger partial charge in [-0.15, -0.1) is 0 Å². The van der Waals surface area contributed by atoms with Crippen molar-refractivity contribution in [2.75, 3.05) is 0 Å². The average molecular weight is 411 g/mol. The number of carbonyl (C=O) groups excluding carboxylic acids is 1. The van der Waals surface area contributed by atoms with Crippen molar-refractivity contribution >= 4 is 18.1 Å². The van der Waals surface area contributed by atoms with Crippen molar-refractivity contribution in [2.24, 2.45) is 0 Å². The molecule has 0 atom stereocenters. The largest absolute Gasteiger partial charge is 0.335 e. The van der Waals surface area contributed by atoms with Crippen LogP contribution < -0.4 is 0 Å². The fourth-order valence-electron chi connectivity index (χ4n) is 3.39. The Kier molecular flexibility index (Phi) is 5.58. The maximum absolute atomic E-state index is 13.2. The highest BCUT2D eigenvalue weighted by atomic mass is 32.1. The number of benzene rings is 2. The second-order valence-electron chi connectivity index (χ2n) is 7.50. The van der Waals surface area contributed by atoms with E-state index in [0.717, 1.165) is 29.8 Å². The van der Waals surface area contributed by atoms with Crippen LogP contribution in [0.1, 0.15) is 30.4 Å². The number of aromatic amines is 1. The molecule has 4 rings (SSSR count). The molecule has 0 spiro atoms. The molecule has 0 unspecified atom stereocenters. The van der Waals surface area contributed by atoms with Crippen molar-refractivity contribution < 1.29 is 9.18 Å². The number of nitrogens with one attached hydrogen (secondary N) is 1. The van der Waals surface area contributed by atoms with Gasteiger partial charge in [0.05, 0.1) is 0 Å². The first-order chi connectivity index (χ1) is 14.0. The lowest BCUT2D eigenvalue weighted by atomic mass is 10.1. The first kappa shape index (κ1) is 19.5. The molecule has 0 bridgehead atoms. The standard InChI is InChI=1S/C22H23FN4OS/c1-15-2-6-17(7-3-15)21-24-25-22(29)26(21)13-12-20(28)27(19-10-11-19)14-16-4-8-18(23)9-5-16/h2-9,19H,10-14H2,1H3,(H,25,29). The lowest BCUT2D eigenvalue weighted by molar-refractivity contribution is -0.132. The van der Waals surface area contributed by atoms with Crippen LogP contribution in [0.5, 0.6) is 0 Å². The van der Waals surface area contributed by atoms with Gasteiger partial charge < -0.3 is 4.90 Å². The third-order valence-electron chi connectivity index (χ3n) is 5.19. The van der Waals surface area contributed by atoms with E-state index in [-0.39, 0.29) is 17.8 Å². The number of hydrogen-bond donors (Lipinski definition) is 1. The normalized spacial score (nSPS) is 13.4. The van der Waals surface area contributed by atoms with Gasteiger partial charge in [-0.2, -0.15) is 5.10 Å². The van der Waals surface area contributed by atoms with Gasteiger partial charge in [0.15, 0.2) is 10.6 Å². The number of halogens is 1. The summed E-state index contributed by atoms with van der Waals surface area (Å²) in [7, 11) is 0. The molecule has 1 aliphatic rings. The van der Waals surface area contributed by atoms with Crippen molar-refractivity contribution in [3.63, 3.8) is 0 Å². The number of amides is 1. The molecule has 1 heterocycles. The number of aromatic nitrogens is 3. The molecule has 1 fully saturated rings. The SMILES string of the molecule is Cc1ccc(-c2n[nH]c(=S)n2CCC(=O)N(Cc2ccc(F)cc2)C2CC2)cc1. The minimum atomic E-state index is -0.268. The molecule has 1 saturated carbocycles. The number of aryl methyl sites for hydroxylation is 1. The fraction of sp³-hybridized carbons (Fsp3) is 0.318. The van der Waals surface area contributed by atoms with Crippen molar-refractivity contribution in [1.82, 2.24) is 19.7 Å². The van der Waals surface area contributed by atoms with Gasteiger partial charge in [-0.25, -0.2) is 4.39 Å².